The van der Waals surface area contributed by atoms with Gasteiger partial charge in [-0.2, -0.15) is 0 Å². The molecule has 0 spiro atoms. The van der Waals surface area contributed by atoms with Gasteiger partial charge in [-0.1, -0.05) is 6.42 Å². The second-order valence-corrected chi connectivity index (χ2v) is 7.05. The first kappa shape index (κ1) is 17.1. The van der Waals surface area contributed by atoms with Crippen LogP contribution in [0.25, 0.3) is 0 Å². The third-order valence-electron chi connectivity index (χ3n) is 4.97. The van der Waals surface area contributed by atoms with Gasteiger partial charge < -0.3 is 14.9 Å². The standard InChI is InChI=1S/C17H27N5O2/c1-20(16(23)12-21-8-3-2-4-9-21)13-17(24)5-10-22(14-17)15-11-18-6-7-19-15/h6-7,11,24H,2-5,8-10,12-14H2,1H3. The van der Waals surface area contributed by atoms with Crippen LogP contribution in [0.5, 0.6) is 0 Å². The van der Waals surface area contributed by atoms with Crippen LogP contribution < -0.4 is 4.90 Å². The molecule has 0 bridgehead atoms. The van der Waals surface area contributed by atoms with Crippen molar-refractivity contribution in [2.24, 2.45) is 0 Å². The molecule has 2 saturated heterocycles. The zero-order valence-corrected chi connectivity index (χ0v) is 14.4. The number of aliphatic hydroxyl groups is 1. The summed E-state index contributed by atoms with van der Waals surface area (Å²) in [5.41, 5.74) is -0.885. The number of likely N-dealkylation sites (tertiary alicyclic amines) is 1. The van der Waals surface area contributed by atoms with Crippen molar-refractivity contribution in [2.45, 2.75) is 31.3 Å². The van der Waals surface area contributed by atoms with Crippen LogP contribution in [-0.2, 0) is 4.79 Å². The van der Waals surface area contributed by atoms with E-state index in [9.17, 15) is 9.90 Å². The van der Waals surface area contributed by atoms with E-state index < -0.39 is 5.60 Å². The Labute approximate surface area is 143 Å². The number of piperidine rings is 1. The van der Waals surface area contributed by atoms with Gasteiger partial charge in [0.25, 0.3) is 0 Å². The minimum absolute atomic E-state index is 0.0864. The van der Waals surface area contributed by atoms with Crippen molar-refractivity contribution in [1.82, 2.24) is 19.8 Å². The Hall–Kier alpha value is -1.73. The molecule has 24 heavy (non-hydrogen) atoms. The zero-order valence-electron chi connectivity index (χ0n) is 14.4. The van der Waals surface area contributed by atoms with E-state index in [2.05, 4.69) is 14.9 Å². The molecule has 0 saturated carbocycles. The van der Waals surface area contributed by atoms with E-state index in [-0.39, 0.29) is 5.91 Å². The molecule has 2 aliphatic heterocycles. The maximum absolute atomic E-state index is 12.4. The van der Waals surface area contributed by atoms with Crippen molar-refractivity contribution in [2.75, 3.05) is 51.2 Å². The van der Waals surface area contributed by atoms with Crippen LogP contribution in [0.1, 0.15) is 25.7 Å². The van der Waals surface area contributed by atoms with E-state index in [1.807, 2.05) is 4.90 Å². The maximum atomic E-state index is 12.4. The van der Waals surface area contributed by atoms with E-state index in [0.29, 0.717) is 26.1 Å². The molecule has 1 aromatic rings. The molecule has 1 amide bonds. The van der Waals surface area contributed by atoms with Crippen LogP contribution in [0.3, 0.4) is 0 Å². The summed E-state index contributed by atoms with van der Waals surface area (Å²) in [6.45, 7) is 4.03. The normalized spacial score (nSPS) is 25.0. The minimum Gasteiger partial charge on any atom is -0.386 e. The van der Waals surface area contributed by atoms with Crippen molar-refractivity contribution in [3.05, 3.63) is 18.6 Å². The topological polar surface area (TPSA) is 72.8 Å². The summed E-state index contributed by atoms with van der Waals surface area (Å²) in [7, 11) is 1.79. The lowest BCUT2D eigenvalue weighted by atomic mass is 10.0. The van der Waals surface area contributed by atoms with Crippen molar-refractivity contribution in [3.8, 4) is 0 Å². The third-order valence-corrected chi connectivity index (χ3v) is 4.97. The lowest BCUT2D eigenvalue weighted by molar-refractivity contribution is -0.134. The Morgan fingerprint density at radius 3 is 2.79 bits per heavy atom. The number of likely N-dealkylation sites (N-methyl/N-ethyl adjacent to an activating group) is 1. The number of rotatable bonds is 5. The number of carbonyl (C=O) groups excluding carboxylic acids is 1. The van der Waals surface area contributed by atoms with Gasteiger partial charge >= 0.3 is 0 Å². The van der Waals surface area contributed by atoms with Crippen molar-refractivity contribution in [1.29, 1.82) is 0 Å². The first-order chi connectivity index (χ1) is 11.6. The van der Waals surface area contributed by atoms with Gasteiger partial charge in [0.2, 0.25) is 5.91 Å². The van der Waals surface area contributed by atoms with Crippen molar-refractivity contribution >= 4 is 11.7 Å². The van der Waals surface area contributed by atoms with Gasteiger partial charge in [0, 0.05) is 32.5 Å². The third kappa shape index (κ3) is 4.21. The van der Waals surface area contributed by atoms with Crippen molar-refractivity contribution < 1.29 is 9.90 Å². The van der Waals surface area contributed by atoms with Crippen LogP contribution in [0.15, 0.2) is 18.6 Å². The highest BCUT2D eigenvalue weighted by atomic mass is 16.3. The second-order valence-electron chi connectivity index (χ2n) is 7.05. The Bertz CT molecular complexity index is 549. The van der Waals surface area contributed by atoms with E-state index in [4.69, 9.17) is 0 Å². The van der Waals surface area contributed by atoms with Crippen LogP contribution in [0.4, 0.5) is 5.82 Å². The fraction of sp³-hybridized carbons (Fsp3) is 0.706. The molecule has 0 aliphatic carbocycles. The molecule has 2 aliphatic rings. The molecule has 0 radical (unpaired) electrons. The monoisotopic (exact) mass is 333 g/mol. The fourth-order valence-electron chi connectivity index (χ4n) is 3.59. The van der Waals surface area contributed by atoms with E-state index >= 15 is 0 Å². The Kier molecular flexibility index (Phi) is 5.30. The average molecular weight is 333 g/mol. The predicted molar refractivity (Wildman–Crippen MR) is 91.7 cm³/mol. The molecular formula is C17H27N5O2. The average Bonchev–Trinajstić information content (AvgIpc) is 2.98. The van der Waals surface area contributed by atoms with E-state index in [0.717, 1.165) is 25.5 Å². The number of anilines is 1. The molecule has 7 nitrogen and oxygen atoms in total. The molecule has 1 N–H and O–H groups in total. The van der Waals surface area contributed by atoms with Gasteiger partial charge in [-0.05, 0) is 32.4 Å². The summed E-state index contributed by atoms with van der Waals surface area (Å²) in [4.78, 5) is 26.7. The molecule has 1 atom stereocenters. The van der Waals surface area contributed by atoms with Gasteiger partial charge in [0.05, 0.1) is 19.3 Å². The van der Waals surface area contributed by atoms with E-state index in [1.165, 1.54) is 19.3 Å². The summed E-state index contributed by atoms with van der Waals surface area (Å²) in [5.74, 6) is 0.860. The van der Waals surface area contributed by atoms with Gasteiger partial charge in [-0.15, -0.1) is 0 Å². The van der Waals surface area contributed by atoms with Gasteiger partial charge in [0.1, 0.15) is 11.4 Å². The number of hydrogen-bond donors (Lipinski definition) is 1. The van der Waals surface area contributed by atoms with Crippen LogP contribution in [0.2, 0.25) is 0 Å². The first-order valence-electron chi connectivity index (χ1n) is 8.75. The SMILES string of the molecule is CN(CC1(O)CCN(c2cnccn2)C1)C(=O)CN1CCCCC1. The van der Waals surface area contributed by atoms with Crippen LogP contribution in [0, 0.1) is 0 Å². The minimum atomic E-state index is -0.885. The summed E-state index contributed by atoms with van der Waals surface area (Å²) in [6, 6.07) is 0. The van der Waals surface area contributed by atoms with Gasteiger partial charge in [0.15, 0.2) is 0 Å². The molecule has 7 heteroatoms. The number of nitrogens with zero attached hydrogens (tertiary/aromatic N) is 5. The quantitative estimate of drug-likeness (QED) is 0.839. The largest absolute Gasteiger partial charge is 0.386 e. The number of β-amino-alcohol motifs (C(OH)–C–C–N with tert-alkyl or cyclic N) is 1. The highest BCUT2D eigenvalue weighted by molar-refractivity contribution is 5.78. The lowest BCUT2D eigenvalue weighted by Crippen LogP contribution is -2.48. The van der Waals surface area contributed by atoms with Gasteiger partial charge in [-0.25, -0.2) is 4.98 Å². The number of aromatic nitrogens is 2. The Morgan fingerprint density at radius 1 is 1.29 bits per heavy atom. The zero-order chi connectivity index (χ0) is 17.0. The molecule has 3 heterocycles. The molecular weight excluding hydrogens is 306 g/mol. The van der Waals surface area contributed by atoms with Crippen LogP contribution >= 0.6 is 0 Å². The van der Waals surface area contributed by atoms with Crippen LogP contribution in [-0.4, -0.2) is 82.7 Å². The summed E-state index contributed by atoms with van der Waals surface area (Å²) < 4.78 is 0. The second kappa shape index (κ2) is 7.44. The summed E-state index contributed by atoms with van der Waals surface area (Å²) in [5, 5.41) is 10.9. The number of amides is 1. The Balaban J connectivity index is 1.52. The molecule has 1 aromatic heterocycles. The summed E-state index contributed by atoms with van der Waals surface area (Å²) >= 11 is 0. The molecule has 2 fully saturated rings. The molecule has 0 aromatic carbocycles. The molecule has 3 rings (SSSR count). The first-order valence-corrected chi connectivity index (χ1v) is 8.75. The number of carbonyl (C=O) groups is 1. The number of hydrogen-bond acceptors (Lipinski definition) is 6. The lowest BCUT2D eigenvalue weighted by Gasteiger charge is -2.32. The maximum Gasteiger partial charge on any atom is 0.236 e. The Morgan fingerprint density at radius 2 is 2.08 bits per heavy atom. The molecule has 132 valence electrons. The highest BCUT2D eigenvalue weighted by Gasteiger charge is 2.38. The molecule has 1 unspecified atom stereocenters. The predicted octanol–water partition coefficient (Wildman–Crippen LogP) is 0.362. The highest BCUT2D eigenvalue weighted by Crippen LogP contribution is 2.25. The fourth-order valence-corrected chi connectivity index (χ4v) is 3.59. The van der Waals surface area contributed by atoms with Gasteiger partial charge in [-0.3, -0.25) is 14.7 Å². The summed E-state index contributed by atoms with van der Waals surface area (Å²) in [6.07, 6.45) is 9.24. The van der Waals surface area contributed by atoms with E-state index in [1.54, 1.807) is 30.5 Å². The van der Waals surface area contributed by atoms with Crippen molar-refractivity contribution in [3.63, 3.8) is 0 Å². The smallest absolute Gasteiger partial charge is 0.236 e.